The summed E-state index contributed by atoms with van der Waals surface area (Å²) in [4.78, 5) is 3.76. The van der Waals surface area contributed by atoms with Crippen molar-refractivity contribution in [2.75, 3.05) is 0 Å². The Hall–Kier alpha value is -1.01. The highest BCUT2D eigenvalue weighted by atomic mass is 16.6. The van der Waals surface area contributed by atoms with E-state index in [1.807, 2.05) is 6.92 Å². The summed E-state index contributed by atoms with van der Waals surface area (Å²) in [6.07, 6.45) is 2.97. The van der Waals surface area contributed by atoms with E-state index in [4.69, 9.17) is 10.0 Å². The number of aryl methyl sites for hydroxylation is 1. The molecule has 0 saturated carbocycles. The van der Waals surface area contributed by atoms with Gasteiger partial charge in [-0.2, -0.15) is 0 Å². The van der Waals surface area contributed by atoms with Crippen molar-refractivity contribution < 1.29 is 14.7 Å². The second-order valence-corrected chi connectivity index (χ2v) is 1.96. The summed E-state index contributed by atoms with van der Waals surface area (Å²) in [5.41, 5.74) is 0. The van der Waals surface area contributed by atoms with Crippen LogP contribution in [0.2, 0.25) is 0 Å². The summed E-state index contributed by atoms with van der Waals surface area (Å²) in [6, 6.07) is 0. The second kappa shape index (κ2) is 3.40. The van der Waals surface area contributed by atoms with Gasteiger partial charge in [-0.15, -0.1) is 0 Å². The van der Waals surface area contributed by atoms with E-state index in [2.05, 4.69) is 9.64 Å². The van der Waals surface area contributed by atoms with Gasteiger partial charge in [0.15, 0.2) is 5.88 Å². The molecule has 0 saturated heterocycles. The van der Waals surface area contributed by atoms with E-state index >= 15 is 0 Å². The zero-order valence-electron chi connectivity index (χ0n) is 6.14. The summed E-state index contributed by atoms with van der Waals surface area (Å²) in [7, 11) is -1.78. The average molecular weight is 156 g/mol. The lowest BCUT2D eigenvalue weighted by Gasteiger charge is -2.05. The van der Waals surface area contributed by atoms with Crippen LogP contribution in [-0.2, 0) is 6.54 Å². The van der Waals surface area contributed by atoms with Gasteiger partial charge >= 0.3 is 7.32 Å². The van der Waals surface area contributed by atoms with E-state index < -0.39 is 7.32 Å². The van der Waals surface area contributed by atoms with E-state index in [0.29, 0.717) is 12.4 Å². The number of nitrogens with zero attached hydrogens (tertiary/aromatic N) is 2. The van der Waals surface area contributed by atoms with Crippen LogP contribution in [0, 0.1) is 0 Å². The van der Waals surface area contributed by atoms with Gasteiger partial charge in [-0.1, -0.05) is 0 Å². The summed E-state index contributed by atoms with van der Waals surface area (Å²) < 4.78 is 6.24. The fraction of sp³-hybridized carbons (Fsp3) is 0.400. The molecule has 0 aliphatic heterocycles. The maximum absolute atomic E-state index is 8.44. The minimum Gasteiger partial charge on any atom is -0.498 e. The van der Waals surface area contributed by atoms with Crippen LogP contribution in [0.1, 0.15) is 6.92 Å². The van der Waals surface area contributed by atoms with E-state index in [9.17, 15) is 0 Å². The fourth-order valence-electron chi connectivity index (χ4n) is 0.752. The molecule has 0 fully saturated rings. The monoisotopic (exact) mass is 156 g/mol. The normalized spacial score (nSPS) is 9.73. The molecule has 0 aromatic carbocycles. The Bertz CT molecular complexity index is 225. The molecule has 6 heteroatoms. The Morgan fingerprint density at radius 2 is 2.45 bits per heavy atom. The van der Waals surface area contributed by atoms with Crippen LogP contribution in [0.25, 0.3) is 0 Å². The number of rotatable bonds is 3. The third kappa shape index (κ3) is 1.96. The lowest BCUT2D eigenvalue weighted by Crippen LogP contribution is -2.22. The van der Waals surface area contributed by atoms with Gasteiger partial charge in [0, 0.05) is 6.54 Å². The van der Waals surface area contributed by atoms with Crippen LogP contribution in [0.4, 0.5) is 0 Å². The lowest BCUT2D eigenvalue weighted by molar-refractivity contribution is 0.277. The van der Waals surface area contributed by atoms with Gasteiger partial charge in [0.05, 0.1) is 12.5 Å². The molecule has 1 heterocycles. The summed E-state index contributed by atoms with van der Waals surface area (Å²) >= 11 is 0. The molecule has 0 amide bonds. The second-order valence-electron chi connectivity index (χ2n) is 1.96. The highest BCUT2D eigenvalue weighted by molar-refractivity contribution is 6.33. The van der Waals surface area contributed by atoms with Crippen LogP contribution in [0.15, 0.2) is 12.5 Å². The standard InChI is InChI=1S/C5H9BN2O3/c1-2-8-4-7-3-5(8)11-6(9)10/h3-4,9-10H,2H2,1H3. The van der Waals surface area contributed by atoms with E-state index in [0.717, 1.165) is 0 Å². The number of hydrogen-bond acceptors (Lipinski definition) is 4. The van der Waals surface area contributed by atoms with Gasteiger partial charge in [-0.05, 0) is 6.92 Å². The Labute approximate surface area is 64.4 Å². The predicted octanol–water partition coefficient (Wildman–Crippen LogP) is -0.749. The lowest BCUT2D eigenvalue weighted by atomic mass is 10.3. The van der Waals surface area contributed by atoms with Crippen molar-refractivity contribution in [1.29, 1.82) is 0 Å². The molecule has 5 nitrogen and oxygen atoms in total. The Kier molecular flexibility index (Phi) is 2.51. The average Bonchev–Trinajstić information content (AvgIpc) is 2.34. The summed E-state index contributed by atoms with van der Waals surface area (Å²) in [5.74, 6) is 0.350. The maximum Gasteiger partial charge on any atom is 0.708 e. The molecule has 1 rings (SSSR count). The molecule has 0 aliphatic carbocycles. The number of imidazole rings is 1. The fourth-order valence-corrected chi connectivity index (χ4v) is 0.752. The minimum atomic E-state index is -1.78. The smallest absolute Gasteiger partial charge is 0.498 e. The zero-order chi connectivity index (χ0) is 8.27. The van der Waals surface area contributed by atoms with Gasteiger partial charge in [0.25, 0.3) is 0 Å². The number of hydrogen-bond donors (Lipinski definition) is 2. The molecule has 0 aliphatic rings. The third-order valence-corrected chi connectivity index (χ3v) is 1.24. The van der Waals surface area contributed by atoms with Gasteiger partial charge in [0.2, 0.25) is 0 Å². The molecule has 11 heavy (non-hydrogen) atoms. The molecule has 0 unspecified atom stereocenters. The van der Waals surface area contributed by atoms with Gasteiger partial charge in [0.1, 0.15) is 0 Å². The number of aromatic nitrogens is 2. The molecule has 0 radical (unpaired) electrons. The molecule has 60 valence electrons. The maximum atomic E-state index is 8.44. The molecule has 1 aromatic heterocycles. The first-order chi connectivity index (χ1) is 5.24. The molecule has 1 aromatic rings. The van der Waals surface area contributed by atoms with Crippen LogP contribution in [-0.4, -0.2) is 26.9 Å². The molecule has 0 spiro atoms. The zero-order valence-corrected chi connectivity index (χ0v) is 6.14. The molecular weight excluding hydrogens is 147 g/mol. The SMILES string of the molecule is CCn1cncc1OB(O)O. The highest BCUT2D eigenvalue weighted by Gasteiger charge is 2.13. The quantitative estimate of drug-likeness (QED) is 0.565. The first kappa shape index (κ1) is 8.09. The van der Waals surface area contributed by atoms with E-state index in [1.54, 1.807) is 10.9 Å². The largest absolute Gasteiger partial charge is 0.708 e. The van der Waals surface area contributed by atoms with Crippen molar-refractivity contribution in [1.82, 2.24) is 9.55 Å². The van der Waals surface area contributed by atoms with Crippen LogP contribution in [0.3, 0.4) is 0 Å². The van der Waals surface area contributed by atoms with Crippen LogP contribution >= 0.6 is 0 Å². The van der Waals surface area contributed by atoms with Gasteiger partial charge in [-0.25, -0.2) is 4.98 Å². The molecular formula is C5H9BN2O3. The summed E-state index contributed by atoms with van der Waals surface area (Å²) in [6.45, 7) is 2.58. The van der Waals surface area contributed by atoms with E-state index in [1.165, 1.54) is 6.20 Å². The van der Waals surface area contributed by atoms with Crippen LogP contribution < -0.4 is 4.65 Å². The van der Waals surface area contributed by atoms with Crippen molar-refractivity contribution >= 4 is 7.32 Å². The Balaban J connectivity index is 2.68. The van der Waals surface area contributed by atoms with Gasteiger partial charge < -0.3 is 19.3 Å². The van der Waals surface area contributed by atoms with Crippen molar-refractivity contribution in [3.05, 3.63) is 12.5 Å². The molecule has 0 atom stereocenters. The first-order valence-electron chi connectivity index (χ1n) is 3.27. The van der Waals surface area contributed by atoms with Crippen molar-refractivity contribution in [3.8, 4) is 5.88 Å². The minimum absolute atomic E-state index is 0.350. The molecule has 0 bridgehead atoms. The Morgan fingerprint density at radius 3 is 3.00 bits per heavy atom. The molecule has 2 N–H and O–H groups in total. The third-order valence-electron chi connectivity index (χ3n) is 1.24. The highest BCUT2D eigenvalue weighted by Crippen LogP contribution is 2.08. The van der Waals surface area contributed by atoms with Crippen LogP contribution in [0.5, 0.6) is 5.88 Å². The Morgan fingerprint density at radius 1 is 1.73 bits per heavy atom. The van der Waals surface area contributed by atoms with Crippen molar-refractivity contribution in [3.63, 3.8) is 0 Å². The van der Waals surface area contributed by atoms with Crippen molar-refractivity contribution in [2.24, 2.45) is 0 Å². The topological polar surface area (TPSA) is 67.5 Å². The predicted molar refractivity (Wildman–Crippen MR) is 38.7 cm³/mol. The summed E-state index contributed by atoms with van der Waals surface area (Å²) in [5, 5.41) is 16.9. The van der Waals surface area contributed by atoms with E-state index in [-0.39, 0.29) is 0 Å². The van der Waals surface area contributed by atoms with Crippen molar-refractivity contribution in [2.45, 2.75) is 13.5 Å². The van der Waals surface area contributed by atoms with Gasteiger partial charge in [-0.3, -0.25) is 0 Å². The first-order valence-corrected chi connectivity index (χ1v) is 3.27.